The van der Waals surface area contributed by atoms with E-state index in [1.807, 2.05) is 0 Å². The highest BCUT2D eigenvalue weighted by Crippen LogP contribution is 2.49. The molecule has 0 spiro atoms. The lowest BCUT2D eigenvalue weighted by Crippen LogP contribution is -1.99. The van der Waals surface area contributed by atoms with Gasteiger partial charge in [0.1, 0.15) is 5.76 Å². The summed E-state index contributed by atoms with van der Waals surface area (Å²) in [6.07, 6.45) is 1.17. The molecule has 0 unspecified atom stereocenters. The van der Waals surface area contributed by atoms with Gasteiger partial charge in [0.25, 0.3) is 0 Å². The lowest BCUT2D eigenvalue weighted by molar-refractivity contribution is -0.135. The second-order valence-electron chi connectivity index (χ2n) is 2.18. The first-order chi connectivity index (χ1) is 6.47. The molecule has 0 heterocycles. The Labute approximate surface area is 88.2 Å². The predicted molar refractivity (Wildman–Crippen MR) is 55.2 cm³/mol. The molecule has 0 atom stereocenters. The molecular weight excluding hydrogens is 227 g/mol. The average Bonchev–Trinajstić information content (AvgIpc) is 2.17. The minimum Gasteiger partial charge on any atom is -0.466 e. The molecule has 0 aromatic rings. The van der Waals surface area contributed by atoms with Gasteiger partial charge in [-0.2, -0.15) is 0 Å². The second-order valence-corrected chi connectivity index (χ2v) is 5.33. The maximum absolute atomic E-state index is 10.8. The highest BCUT2D eigenvalue weighted by Gasteiger charge is 2.18. The lowest BCUT2D eigenvalue weighted by Gasteiger charge is -2.18. The molecule has 5 nitrogen and oxygen atoms in total. The molecule has 0 amide bonds. The highest BCUT2D eigenvalue weighted by atomic mass is 32.5. The lowest BCUT2D eigenvalue weighted by atomic mass is 10.5. The molecule has 0 saturated carbocycles. The van der Waals surface area contributed by atoms with Gasteiger partial charge in [-0.3, -0.25) is 0 Å². The van der Waals surface area contributed by atoms with Crippen molar-refractivity contribution in [3.8, 4) is 0 Å². The van der Waals surface area contributed by atoms with Gasteiger partial charge in [0, 0.05) is 26.0 Å². The maximum Gasteiger partial charge on any atom is 0.379 e. The van der Waals surface area contributed by atoms with Crippen molar-refractivity contribution in [2.45, 2.75) is 6.92 Å². The fraction of sp³-hybridized carbons (Fsp3) is 0.571. The van der Waals surface area contributed by atoms with E-state index in [0.29, 0.717) is 5.76 Å². The zero-order valence-corrected chi connectivity index (χ0v) is 10.2. The first kappa shape index (κ1) is 13.6. The van der Waals surface area contributed by atoms with Gasteiger partial charge in [-0.1, -0.05) is 0 Å². The van der Waals surface area contributed by atoms with E-state index in [1.165, 1.54) is 27.4 Å². The van der Waals surface area contributed by atoms with Crippen molar-refractivity contribution < 1.29 is 23.1 Å². The van der Waals surface area contributed by atoms with Crippen molar-refractivity contribution in [1.82, 2.24) is 0 Å². The number of methoxy groups -OCH3 is 1. The van der Waals surface area contributed by atoms with Crippen LogP contribution in [0.5, 0.6) is 0 Å². The quantitative estimate of drug-likeness (QED) is 0.315. The van der Waals surface area contributed by atoms with Gasteiger partial charge in [-0.15, -0.1) is 0 Å². The Balaban J connectivity index is 4.44. The van der Waals surface area contributed by atoms with Crippen molar-refractivity contribution >= 4 is 24.5 Å². The normalized spacial score (nSPS) is 12.4. The van der Waals surface area contributed by atoms with E-state index in [2.05, 4.69) is 4.74 Å². The molecule has 0 aromatic carbocycles. The fourth-order valence-corrected chi connectivity index (χ4v) is 1.63. The topological polar surface area (TPSA) is 54.0 Å². The summed E-state index contributed by atoms with van der Waals surface area (Å²) in [5, 5.41) is 0. The number of hydrogen-bond acceptors (Lipinski definition) is 6. The first-order valence-corrected chi connectivity index (χ1v) is 6.20. The Hall–Kier alpha value is -0.420. The maximum atomic E-state index is 10.8. The molecule has 14 heavy (non-hydrogen) atoms. The van der Waals surface area contributed by atoms with Crippen LogP contribution in [0.2, 0.25) is 0 Å². The van der Waals surface area contributed by atoms with E-state index in [-0.39, 0.29) is 0 Å². The van der Waals surface area contributed by atoms with Crippen molar-refractivity contribution in [3.05, 3.63) is 11.8 Å². The van der Waals surface area contributed by atoms with Gasteiger partial charge < -0.3 is 18.3 Å². The van der Waals surface area contributed by atoms with Crippen LogP contribution in [0.3, 0.4) is 0 Å². The summed E-state index contributed by atoms with van der Waals surface area (Å²) in [6, 6.07) is 0. The average molecular weight is 240 g/mol. The third-order valence-corrected chi connectivity index (χ3v) is 3.75. The Bertz CT molecular complexity index is 267. The second kappa shape index (κ2) is 6.14. The fourth-order valence-electron chi connectivity index (χ4n) is 0.577. The molecule has 0 aliphatic heterocycles. The van der Waals surface area contributed by atoms with Crippen molar-refractivity contribution in [2.24, 2.45) is 0 Å². The first-order valence-electron chi connectivity index (χ1n) is 3.64. The third-order valence-electron chi connectivity index (χ3n) is 1.23. The summed E-state index contributed by atoms with van der Waals surface area (Å²) in [5.74, 6) is -0.222. The molecule has 0 rings (SSSR count). The van der Waals surface area contributed by atoms with Crippen LogP contribution in [-0.2, 0) is 34.9 Å². The monoisotopic (exact) mass is 240 g/mol. The number of esters is 1. The predicted octanol–water partition coefficient (Wildman–Crippen LogP) is 1.60. The third kappa shape index (κ3) is 4.72. The number of carbonyl (C=O) groups excluding carboxylic acids is 1. The molecule has 0 aliphatic rings. The van der Waals surface area contributed by atoms with Gasteiger partial charge in [0.15, 0.2) is 0 Å². The van der Waals surface area contributed by atoms with Gasteiger partial charge in [0.05, 0.1) is 13.2 Å². The highest BCUT2D eigenvalue weighted by molar-refractivity contribution is 8.07. The van der Waals surface area contributed by atoms with Crippen LogP contribution in [0, 0.1) is 0 Å². The van der Waals surface area contributed by atoms with Crippen molar-refractivity contribution in [1.29, 1.82) is 0 Å². The zero-order chi connectivity index (χ0) is 11.2. The zero-order valence-electron chi connectivity index (χ0n) is 8.47. The molecule has 0 saturated heterocycles. The van der Waals surface area contributed by atoms with E-state index in [9.17, 15) is 4.79 Å². The van der Waals surface area contributed by atoms with Crippen LogP contribution in [0.15, 0.2) is 11.8 Å². The van der Waals surface area contributed by atoms with Crippen LogP contribution in [0.1, 0.15) is 6.92 Å². The molecule has 0 N–H and O–H groups in total. The molecule has 0 bridgehead atoms. The summed E-state index contributed by atoms with van der Waals surface area (Å²) >= 11 is 4.92. The van der Waals surface area contributed by atoms with E-state index in [1.54, 1.807) is 6.92 Å². The number of carbonyl (C=O) groups is 1. The summed E-state index contributed by atoms with van der Waals surface area (Å²) in [4.78, 5) is 10.8. The summed E-state index contributed by atoms with van der Waals surface area (Å²) in [7, 11) is 4.04. The van der Waals surface area contributed by atoms with Gasteiger partial charge in [-0.25, -0.2) is 4.79 Å². The summed E-state index contributed by atoms with van der Waals surface area (Å²) in [6.45, 7) is -1.18. The van der Waals surface area contributed by atoms with E-state index in [4.69, 9.17) is 25.4 Å². The van der Waals surface area contributed by atoms with Crippen LogP contribution >= 0.6 is 6.72 Å². The number of ether oxygens (including phenoxy) is 1. The Morgan fingerprint density at radius 2 is 1.79 bits per heavy atom. The van der Waals surface area contributed by atoms with Gasteiger partial charge in [0.2, 0.25) is 0 Å². The van der Waals surface area contributed by atoms with Gasteiger partial charge >= 0.3 is 12.7 Å². The van der Waals surface area contributed by atoms with Crippen LogP contribution in [-0.4, -0.2) is 27.3 Å². The largest absolute Gasteiger partial charge is 0.466 e. The summed E-state index contributed by atoms with van der Waals surface area (Å²) < 4.78 is 19.3. The van der Waals surface area contributed by atoms with Crippen LogP contribution in [0.25, 0.3) is 0 Å². The Kier molecular flexibility index (Phi) is 5.95. The van der Waals surface area contributed by atoms with E-state index < -0.39 is 12.7 Å². The molecule has 0 fully saturated rings. The van der Waals surface area contributed by atoms with E-state index >= 15 is 0 Å². The molecule has 82 valence electrons. The minimum atomic E-state index is -2.75. The van der Waals surface area contributed by atoms with Crippen molar-refractivity contribution in [3.63, 3.8) is 0 Å². The van der Waals surface area contributed by atoms with Gasteiger partial charge in [-0.05, 0) is 6.92 Å². The molecule has 0 aromatic heterocycles. The summed E-state index contributed by atoms with van der Waals surface area (Å²) in [5.41, 5.74) is 0. The smallest absolute Gasteiger partial charge is 0.379 e. The Morgan fingerprint density at radius 3 is 2.14 bits per heavy atom. The standard InChI is InChI=1S/C7H13O5PS/c1-6(5-7(8)9-2)12-13(14,10-3)11-4/h5H,1-4H3/b6-5+. The molecular formula is C7H13O5PS. The number of allylic oxidation sites excluding steroid dienone is 1. The minimum absolute atomic E-state index is 0.295. The molecule has 0 aliphatic carbocycles. The molecule has 0 radical (unpaired) electrons. The van der Waals surface area contributed by atoms with Crippen LogP contribution in [0.4, 0.5) is 0 Å². The van der Waals surface area contributed by atoms with Crippen molar-refractivity contribution in [2.75, 3.05) is 21.3 Å². The molecule has 7 heteroatoms. The Morgan fingerprint density at radius 1 is 1.29 bits per heavy atom. The number of hydrogen-bond donors (Lipinski definition) is 0. The van der Waals surface area contributed by atoms with E-state index in [0.717, 1.165) is 0 Å². The SMILES string of the molecule is COC(=O)/C=C(\C)OP(=S)(OC)OC. The van der Waals surface area contributed by atoms with Crippen LogP contribution < -0.4 is 0 Å². The number of rotatable bonds is 5.